The molecule has 3 heterocycles. The van der Waals surface area contributed by atoms with Gasteiger partial charge >= 0.3 is 6.61 Å². The maximum atomic E-state index is 13.2. The zero-order chi connectivity index (χ0) is 21.0. The molecule has 4 rings (SSSR count). The lowest BCUT2D eigenvalue weighted by molar-refractivity contribution is -0.0852. The van der Waals surface area contributed by atoms with Crippen molar-refractivity contribution in [2.24, 2.45) is 5.41 Å². The molecular weight excluding hydrogens is 402 g/mol. The number of halogens is 2. The van der Waals surface area contributed by atoms with Crippen molar-refractivity contribution >= 4 is 10.0 Å². The predicted molar refractivity (Wildman–Crippen MR) is 103 cm³/mol. The number of likely N-dealkylation sites (tertiary alicyclic amines) is 1. The fraction of sp³-hybridized carbons (Fsp3) is 0.700. The Labute approximate surface area is 170 Å². The number of alkyl halides is 2. The monoisotopic (exact) mass is 430 g/mol. The van der Waals surface area contributed by atoms with Gasteiger partial charge in [0.1, 0.15) is 5.75 Å². The van der Waals surface area contributed by atoms with Crippen LogP contribution >= 0.6 is 0 Å². The summed E-state index contributed by atoms with van der Waals surface area (Å²) in [5.41, 5.74) is -0.594. The minimum atomic E-state index is -3.68. The van der Waals surface area contributed by atoms with Crippen LogP contribution in [0.25, 0.3) is 0 Å². The number of nitrogens with zero attached hydrogens (tertiary/aromatic N) is 2. The van der Waals surface area contributed by atoms with Gasteiger partial charge in [0.15, 0.2) is 0 Å². The summed E-state index contributed by atoms with van der Waals surface area (Å²) in [6.45, 7) is 3.09. The lowest BCUT2D eigenvalue weighted by Gasteiger charge is -2.57. The molecule has 0 radical (unpaired) electrons. The molecule has 2 atom stereocenters. The van der Waals surface area contributed by atoms with Gasteiger partial charge in [-0.1, -0.05) is 0 Å². The number of benzene rings is 1. The van der Waals surface area contributed by atoms with Crippen LogP contribution in [-0.4, -0.2) is 66.7 Å². The first-order valence-corrected chi connectivity index (χ1v) is 11.4. The first kappa shape index (κ1) is 21.0. The predicted octanol–water partition coefficient (Wildman–Crippen LogP) is 2.68. The number of hydrogen-bond donors (Lipinski definition) is 1. The molecule has 6 nitrogen and oxygen atoms in total. The number of aliphatic hydroxyl groups is 1. The van der Waals surface area contributed by atoms with Crippen molar-refractivity contribution in [3.8, 4) is 5.75 Å². The molecule has 3 aliphatic heterocycles. The number of β-amino-alcohol motifs (C(OH)–C–C–N with tert-alkyl or cyclic N) is 1. The van der Waals surface area contributed by atoms with E-state index in [1.165, 1.54) is 24.3 Å². The van der Waals surface area contributed by atoms with E-state index in [0.29, 0.717) is 6.54 Å². The molecule has 9 heteroatoms. The van der Waals surface area contributed by atoms with E-state index in [2.05, 4.69) is 9.64 Å². The summed E-state index contributed by atoms with van der Waals surface area (Å²) in [4.78, 5) is 2.36. The molecule has 29 heavy (non-hydrogen) atoms. The summed E-state index contributed by atoms with van der Waals surface area (Å²) in [5, 5.41) is 10.0. The fourth-order valence-corrected chi connectivity index (χ4v) is 7.40. The Balaban J connectivity index is 1.46. The lowest BCUT2D eigenvalue weighted by atomic mass is 9.69. The first-order valence-electron chi connectivity index (χ1n) is 10.0. The van der Waals surface area contributed by atoms with Crippen LogP contribution in [0.5, 0.6) is 5.75 Å². The maximum absolute atomic E-state index is 13.2. The third-order valence-corrected chi connectivity index (χ3v) is 8.26. The first-order chi connectivity index (χ1) is 13.5. The summed E-state index contributed by atoms with van der Waals surface area (Å²) >= 11 is 0. The van der Waals surface area contributed by atoms with Crippen LogP contribution in [0.1, 0.15) is 39.5 Å². The molecule has 3 aliphatic rings. The van der Waals surface area contributed by atoms with Crippen molar-refractivity contribution in [3.05, 3.63) is 24.3 Å². The van der Waals surface area contributed by atoms with Crippen molar-refractivity contribution in [2.45, 2.75) is 68.7 Å². The molecule has 1 aromatic rings. The average molecular weight is 431 g/mol. The molecule has 162 valence electrons. The van der Waals surface area contributed by atoms with Crippen molar-refractivity contribution in [1.82, 2.24) is 9.21 Å². The molecule has 1 aromatic carbocycles. The molecule has 0 saturated carbocycles. The van der Waals surface area contributed by atoms with Gasteiger partial charge in [0, 0.05) is 31.7 Å². The van der Waals surface area contributed by atoms with Gasteiger partial charge < -0.3 is 9.84 Å². The molecule has 3 fully saturated rings. The number of ether oxygens (including phenoxy) is 1. The van der Waals surface area contributed by atoms with E-state index in [-0.39, 0.29) is 28.1 Å². The van der Waals surface area contributed by atoms with Gasteiger partial charge in [0.2, 0.25) is 10.0 Å². The van der Waals surface area contributed by atoms with Crippen LogP contribution in [0.2, 0.25) is 0 Å². The standard InChI is InChI=1S/C20H28F2N2O4S/c1-19(2,25)11-23-12-20(13-23)9-14-3-4-15(10-20)24(14)29(26,27)17-7-5-16(6-8-17)28-18(21)22/h5-8,14-15,18,25H,3-4,9-13H2,1-2H3. The molecule has 0 aliphatic carbocycles. The van der Waals surface area contributed by atoms with Gasteiger partial charge in [-0.15, -0.1) is 0 Å². The highest BCUT2D eigenvalue weighted by atomic mass is 32.2. The smallest absolute Gasteiger partial charge is 0.387 e. The molecular formula is C20H28F2N2O4S. The Kier molecular flexibility index (Phi) is 5.16. The van der Waals surface area contributed by atoms with E-state index in [4.69, 9.17) is 0 Å². The van der Waals surface area contributed by atoms with E-state index in [1.807, 2.05) is 0 Å². The quantitative estimate of drug-likeness (QED) is 0.752. The van der Waals surface area contributed by atoms with Crippen LogP contribution in [0.4, 0.5) is 8.78 Å². The molecule has 0 amide bonds. The average Bonchev–Trinajstić information content (AvgIpc) is 2.85. The van der Waals surface area contributed by atoms with Gasteiger partial charge in [-0.25, -0.2) is 8.42 Å². The third kappa shape index (κ3) is 4.15. The molecule has 3 saturated heterocycles. The van der Waals surface area contributed by atoms with Crippen molar-refractivity contribution in [1.29, 1.82) is 0 Å². The Morgan fingerprint density at radius 1 is 1.17 bits per heavy atom. The lowest BCUT2D eigenvalue weighted by Crippen LogP contribution is -2.64. The summed E-state index contributed by atoms with van der Waals surface area (Å²) in [7, 11) is -3.68. The Morgan fingerprint density at radius 2 is 1.72 bits per heavy atom. The topological polar surface area (TPSA) is 70.1 Å². The zero-order valence-electron chi connectivity index (χ0n) is 16.7. The van der Waals surface area contributed by atoms with Gasteiger partial charge in [-0.05, 0) is 69.2 Å². The van der Waals surface area contributed by atoms with Crippen molar-refractivity contribution < 1.29 is 27.0 Å². The maximum Gasteiger partial charge on any atom is 0.387 e. The van der Waals surface area contributed by atoms with E-state index in [1.54, 1.807) is 18.2 Å². The number of fused-ring (bicyclic) bond motifs is 2. The summed E-state index contributed by atoms with van der Waals surface area (Å²) in [6, 6.07) is 5.16. The minimum absolute atomic E-state index is 0.0278. The van der Waals surface area contributed by atoms with Gasteiger partial charge in [-0.3, -0.25) is 4.90 Å². The van der Waals surface area contributed by atoms with Gasteiger partial charge in [0.05, 0.1) is 10.5 Å². The van der Waals surface area contributed by atoms with Crippen LogP contribution in [-0.2, 0) is 10.0 Å². The highest BCUT2D eigenvalue weighted by Crippen LogP contribution is 2.52. The zero-order valence-corrected chi connectivity index (χ0v) is 17.5. The third-order valence-electron chi connectivity index (χ3n) is 6.24. The highest BCUT2D eigenvalue weighted by molar-refractivity contribution is 7.89. The summed E-state index contributed by atoms with van der Waals surface area (Å²) < 4.78 is 57.1. The second-order valence-corrected chi connectivity index (χ2v) is 11.3. The van der Waals surface area contributed by atoms with Crippen LogP contribution < -0.4 is 4.74 Å². The Bertz CT molecular complexity index is 832. The molecule has 2 unspecified atom stereocenters. The van der Waals surface area contributed by atoms with Crippen LogP contribution in [0, 0.1) is 5.41 Å². The fourth-order valence-electron chi connectivity index (χ4n) is 5.53. The van der Waals surface area contributed by atoms with Crippen molar-refractivity contribution in [2.75, 3.05) is 19.6 Å². The SMILES string of the molecule is CC(C)(O)CN1CC2(CC3CCC(C2)N3S(=O)(=O)c2ccc(OC(F)F)cc2)C1. The Hall–Kier alpha value is -1.29. The van der Waals surface area contributed by atoms with Gasteiger partial charge in [0.25, 0.3) is 0 Å². The van der Waals surface area contributed by atoms with Crippen molar-refractivity contribution in [3.63, 3.8) is 0 Å². The largest absolute Gasteiger partial charge is 0.435 e. The highest BCUT2D eigenvalue weighted by Gasteiger charge is 2.56. The normalized spacial score (nSPS) is 27.4. The second-order valence-electron chi connectivity index (χ2n) is 9.44. The summed E-state index contributed by atoms with van der Waals surface area (Å²) in [6.07, 6.45) is 3.36. The molecule has 0 aromatic heterocycles. The number of rotatable bonds is 6. The Morgan fingerprint density at radius 3 is 2.21 bits per heavy atom. The van der Waals surface area contributed by atoms with Gasteiger partial charge in [-0.2, -0.15) is 13.1 Å². The van der Waals surface area contributed by atoms with E-state index >= 15 is 0 Å². The number of piperidine rings is 1. The van der Waals surface area contributed by atoms with E-state index in [9.17, 15) is 22.3 Å². The molecule has 2 bridgehead atoms. The van der Waals surface area contributed by atoms with Crippen LogP contribution in [0.15, 0.2) is 29.2 Å². The number of sulfonamides is 1. The van der Waals surface area contributed by atoms with Crippen LogP contribution in [0.3, 0.4) is 0 Å². The summed E-state index contributed by atoms with van der Waals surface area (Å²) in [5.74, 6) is -0.0547. The van der Waals surface area contributed by atoms with E-state index in [0.717, 1.165) is 38.8 Å². The number of hydrogen-bond acceptors (Lipinski definition) is 5. The molecule has 1 spiro atoms. The van der Waals surface area contributed by atoms with E-state index < -0.39 is 22.2 Å². The second kappa shape index (κ2) is 7.14. The molecule has 1 N–H and O–H groups in total. The minimum Gasteiger partial charge on any atom is -0.435 e.